The second-order valence-electron chi connectivity index (χ2n) is 4.70. The highest BCUT2D eigenvalue weighted by Gasteiger charge is 2.25. The van der Waals surface area contributed by atoms with Crippen LogP contribution in [0.15, 0.2) is 24.3 Å². The van der Waals surface area contributed by atoms with Gasteiger partial charge in [0.2, 0.25) is 10.0 Å². The molecular weight excluding hydrogens is 280 g/mol. The summed E-state index contributed by atoms with van der Waals surface area (Å²) in [5.74, 6) is 0. The molecule has 2 amide bonds. The number of nitrogen functional groups attached to an aromatic ring is 1. The highest BCUT2D eigenvalue weighted by molar-refractivity contribution is 7.88. The largest absolute Gasteiger partial charge is 0.399 e. The second kappa shape index (κ2) is 5.68. The number of hydrogen-bond donors (Lipinski definition) is 2. The van der Waals surface area contributed by atoms with Crippen molar-refractivity contribution in [3.8, 4) is 0 Å². The van der Waals surface area contributed by atoms with Gasteiger partial charge in [0, 0.05) is 37.6 Å². The molecule has 0 unspecified atom stereocenters. The van der Waals surface area contributed by atoms with E-state index in [-0.39, 0.29) is 6.03 Å². The molecule has 1 aromatic carbocycles. The van der Waals surface area contributed by atoms with Crippen LogP contribution in [-0.2, 0) is 10.0 Å². The fourth-order valence-corrected chi connectivity index (χ4v) is 2.82. The van der Waals surface area contributed by atoms with Crippen LogP contribution in [0.4, 0.5) is 16.2 Å². The van der Waals surface area contributed by atoms with Crippen molar-refractivity contribution in [3.05, 3.63) is 24.3 Å². The zero-order valence-corrected chi connectivity index (χ0v) is 12.1. The average molecular weight is 298 g/mol. The van der Waals surface area contributed by atoms with E-state index in [2.05, 4.69) is 5.32 Å². The smallest absolute Gasteiger partial charge is 0.321 e. The molecule has 0 radical (unpaired) electrons. The van der Waals surface area contributed by atoms with E-state index in [1.165, 1.54) is 10.6 Å². The summed E-state index contributed by atoms with van der Waals surface area (Å²) in [5.41, 5.74) is 6.86. The third kappa shape index (κ3) is 3.61. The predicted molar refractivity (Wildman–Crippen MR) is 77.9 cm³/mol. The zero-order chi connectivity index (χ0) is 14.8. The summed E-state index contributed by atoms with van der Waals surface area (Å²) in [6.07, 6.45) is 1.18. The molecule has 0 saturated carbocycles. The number of benzene rings is 1. The normalized spacial score (nSPS) is 16.9. The molecule has 0 aromatic heterocycles. The summed E-state index contributed by atoms with van der Waals surface area (Å²) in [5, 5.41) is 2.76. The third-order valence-corrected chi connectivity index (χ3v) is 4.46. The molecule has 1 heterocycles. The Morgan fingerprint density at radius 3 is 2.20 bits per heavy atom. The van der Waals surface area contributed by atoms with E-state index < -0.39 is 10.0 Å². The number of nitrogens with zero attached hydrogens (tertiary/aromatic N) is 2. The number of nitrogens with two attached hydrogens (primary N) is 1. The number of hydrogen-bond acceptors (Lipinski definition) is 4. The minimum Gasteiger partial charge on any atom is -0.399 e. The maximum Gasteiger partial charge on any atom is 0.321 e. The van der Waals surface area contributed by atoms with Gasteiger partial charge < -0.3 is 16.0 Å². The molecule has 1 aromatic rings. The molecule has 20 heavy (non-hydrogen) atoms. The Balaban J connectivity index is 1.90. The number of carbonyl (C=O) groups is 1. The molecule has 3 N–H and O–H groups in total. The molecule has 0 spiro atoms. The molecule has 1 aliphatic heterocycles. The lowest BCUT2D eigenvalue weighted by molar-refractivity contribution is 0.184. The predicted octanol–water partition coefficient (Wildman–Crippen LogP) is 0.378. The molecule has 0 aliphatic carbocycles. The van der Waals surface area contributed by atoms with E-state index in [0.717, 1.165) is 0 Å². The van der Waals surface area contributed by atoms with E-state index in [1.54, 1.807) is 29.2 Å². The van der Waals surface area contributed by atoms with Gasteiger partial charge in [0.25, 0.3) is 0 Å². The van der Waals surface area contributed by atoms with Crippen LogP contribution in [0.25, 0.3) is 0 Å². The standard InChI is InChI=1S/C12H18N4O3S/c1-20(18,19)16-8-6-15(7-9-16)12(17)14-11-4-2-10(13)3-5-11/h2-5H,6-9,13H2,1H3,(H,14,17). The Labute approximate surface area is 118 Å². The van der Waals surface area contributed by atoms with Gasteiger partial charge >= 0.3 is 6.03 Å². The van der Waals surface area contributed by atoms with E-state index in [1.807, 2.05) is 0 Å². The molecule has 1 saturated heterocycles. The average Bonchev–Trinajstić information content (AvgIpc) is 2.40. The van der Waals surface area contributed by atoms with Crippen LogP contribution in [0, 0.1) is 0 Å². The highest BCUT2D eigenvalue weighted by atomic mass is 32.2. The molecular formula is C12H18N4O3S. The lowest BCUT2D eigenvalue weighted by Crippen LogP contribution is -2.51. The number of urea groups is 1. The van der Waals surface area contributed by atoms with Crippen molar-refractivity contribution in [2.45, 2.75) is 0 Å². The highest BCUT2D eigenvalue weighted by Crippen LogP contribution is 2.12. The van der Waals surface area contributed by atoms with Gasteiger partial charge in [-0.3, -0.25) is 0 Å². The maximum absolute atomic E-state index is 12.0. The zero-order valence-electron chi connectivity index (χ0n) is 11.2. The Hall–Kier alpha value is -1.80. The Morgan fingerprint density at radius 2 is 1.70 bits per heavy atom. The van der Waals surface area contributed by atoms with Crippen LogP contribution in [0.3, 0.4) is 0 Å². The molecule has 2 rings (SSSR count). The maximum atomic E-state index is 12.0. The summed E-state index contributed by atoms with van der Waals surface area (Å²) in [4.78, 5) is 13.6. The minimum absolute atomic E-state index is 0.233. The molecule has 1 fully saturated rings. The van der Waals surface area contributed by atoms with Crippen molar-refractivity contribution in [2.24, 2.45) is 0 Å². The van der Waals surface area contributed by atoms with Crippen molar-refractivity contribution in [1.29, 1.82) is 0 Å². The Kier molecular flexibility index (Phi) is 4.15. The molecule has 1 aliphatic rings. The van der Waals surface area contributed by atoms with Crippen LogP contribution in [0.2, 0.25) is 0 Å². The van der Waals surface area contributed by atoms with Crippen LogP contribution in [0.5, 0.6) is 0 Å². The summed E-state index contributed by atoms with van der Waals surface area (Å²) >= 11 is 0. The molecule has 110 valence electrons. The monoisotopic (exact) mass is 298 g/mol. The van der Waals surface area contributed by atoms with Gasteiger partial charge in [-0.2, -0.15) is 4.31 Å². The molecule has 7 nitrogen and oxygen atoms in total. The number of sulfonamides is 1. The second-order valence-corrected chi connectivity index (χ2v) is 6.68. The fourth-order valence-electron chi connectivity index (χ4n) is 1.99. The van der Waals surface area contributed by atoms with Gasteiger partial charge in [0.05, 0.1) is 6.26 Å². The van der Waals surface area contributed by atoms with Gasteiger partial charge in [-0.05, 0) is 24.3 Å². The minimum atomic E-state index is -3.18. The van der Waals surface area contributed by atoms with Gasteiger partial charge in [-0.25, -0.2) is 13.2 Å². The van der Waals surface area contributed by atoms with E-state index in [4.69, 9.17) is 5.73 Å². The van der Waals surface area contributed by atoms with Crippen molar-refractivity contribution in [1.82, 2.24) is 9.21 Å². The van der Waals surface area contributed by atoms with Crippen LogP contribution < -0.4 is 11.1 Å². The fraction of sp³-hybridized carbons (Fsp3) is 0.417. The first-order chi connectivity index (χ1) is 9.36. The Morgan fingerprint density at radius 1 is 1.15 bits per heavy atom. The summed E-state index contributed by atoms with van der Waals surface area (Å²) in [6, 6.07) is 6.62. The van der Waals surface area contributed by atoms with Crippen molar-refractivity contribution in [3.63, 3.8) is 0 Å². The lowest BCUT2D eigenvalue weighted by atomic mass is 10.3. The van der Waals surface area contributed by atoms with Gasteiger partial charge in [0.1, 0.15) is 0 Å². The van der Waals surface area contributed by atoms with Gasteiger partial charge in [-0.1, -0.05) is 0 Å². The number of carbonyl (C=O) groups excluding carboxylic acids is 1. The van der Waals surface area contributed by atoms with Gasteiger partial charge in [-0.15, -0.1) is 0 Å². The van der Waals surface area contributed by atoms with Gasteiger partial charge in [0.15, 0.2) is 0 Å². The number of nitrogens with one attached hydrogen (secondary N) is 1. The lowest BCUT2D eigenvalue weighted by Gasteiger charge is -2.33. The van der Waals surface area contributed by atoms with E-state index in [0.29, 0.717) is 37.6 Å². The van der Waals surface area contributed by atoms with Crippen molar-refractivity contribution >= 4 is 27.4 Å². The summed E-state index contributed by atoms with van der Waals surface area (Å²) < 4.78 is 24.1. The van der Waals surface area contributed by atoms with Crippen molar-refractivity contribution < 1.29 is 13.2 Å². The van der Waals surface area contributed by atoms with Crippen LogP contribution in [0.1, 0.15) is 0 Å². The van der Waals surface area contributed by atoms with E-state index >= 15 is 0 Å². The van der Waals surface area contributed by atoms with Crippen LogP contribution in [-0.4, -0.2) is 56.1 Å². The number of rotatable bonds is 2. The van der Waals surface area contributed by atoms with Crippen LogP contribution >= 0.6 is 0 Å². The first-order valence-corrected chi connectivity index (χ1v) is 8.08. The third-order valence-electron chi connectivity index (χ3n) is 3.16. The number of anilines is 2. The Bertz CT molecular complexity index is 577. The number of piperazine rings is 1. The first kappa shape index (κ1) is 14.6. The molecule has 0 atom stereocenters. The molecule has 8 heteroatoms. The number of amides is 2. The summed E-state index contributed by atoms with van der Waals surface area (Å²) in [6.45, 7) is 1.42. The first-order valence-electron chi connectivity index (χ1n) is 6.23. The van der Waals surface area contributed by atoms with E-state index in [9.17, 15) is 13.2 Å². The summed E-state index contributed by atoms with van der Waals surface area (Å²) in [7, 11) is -3.18. The topological polar surface area (TPSA) is 95.7 Å². The quantitative estimate of drug-likeness (QED) is 0.771. The van der Waals surface area contributed by atoms with Crippen molar-refractivity contribution in [2.75, 3.05) is 43.5 Å². The molecule has 0 bridgehead atoms. The SMILES string of the molecule is CS(=O)(=O)N1CCN(C(=O)Nc2ccc(N)cc2)CC1.